The van der Waals surface area contributed by atoms with Gasteiger partial charge in [-0.15, -0.1) is 10.2 Å². The molecule has 5 aromatic rings. The Morgan fingerprint density at radius 3 is 2.76 bits per heavy atom. The second kappa shape index (κ2) is 9.17. The van der Waals surface area contributed by atoms with E-state index in [0.717, 1.165) is 33.9 Å². The van der Waals surface area contributed by atoms with E-state index in [1.54, 1.807) is 13.4 Å². The van der Waals surface area contributed by atoms with Gasteiger partial charge in [0.25, 0.3) is 0 Å². The van der Waals surface area contributed by atoms with Crippen LogP contribution in [0.2, 0.25) is 0 Å². The highest BCUT2D eigenvalue weighted by atomic mass is 32.2. The molecule has 164 valence electrons. The molecule has 1 amide bonds. The van der Waals surface area contributed by atoms with Gasteiger partial charge in [-0.1, -0.05) is 36.0 Å². The molecule has 3 aromatic carbocycles. The molecule has 0 bridgehead atoms. The van der Waals surface area contributed by atoms with Crippen molar-refractivity contribution >= 4 is 34.4 Å². The lowest BCUT2D eigenvalue weighted by atomic mass is 10.2. The van der Waals surface area contributed by atoms with Crippen LogP contribution in [0.5, 0.6) is 5.75 Å². The van der Waals surface area contributed by atoms with E-state index in [2.05, 4.69) is 25.5 Å². The van der Waals surface area contributed by atoms with Crippen LogP contribution in [0.3, 0.4) is 0 Å². The van der Waals surface area contributed by atoms with Crippen LogP contribution in [-0.4, -0.2) is 43.5 Å². The zero-order valence-electron chi connectivity index (χ0n) is 17.7. The average Bonchev–Trinajstić information content (AvgIpc) is 3.50. The lowest BCUT2D eigenvalue weighted by molar-refractivity contribution is -0.113. The van der Waals surface area contributed by atoms with Crippen LogP contribution < -0.4 is 10.1 Å². The number of thioether (sulfide) groups is 1. The summed E-state index contributed by atoms with van der Waals surface area (Å²) < 4.78 is 7.03. The maximum Gasteiger partial charge on any atom is 0.234 e. The molecule has 2 N–H and O–H groups in total. The molecule has 0 aliphatic heterocycles. The van der Waals surface area contributed by atoms with Gasteiger partial charge >= 0.3 is 0 Å². The molecule has 2 heterocycles. The Bertz CT molecular complexity index is 1380. The summed E-state index contributed by atoms with van der Waals surface area (Å²) in [6.45, 7) is 0. The second-order valence-corrected chi connectivity index (χ2v) is 8.14. The van der Waals surface area contributed by atoms with Crippen molar-refractivity contribution < 1.29 is 9.53 Å². The predicted octanol–water partition coefficient (Wildman–Crippen LogP) is 4.55. The summed E-state index contributed by atoms with van der Waals surface area (Å²) in [4.78, 5) is 20.5. The van der Waals surface area contributed by atoms with Crippen molar-refractivity contribution in [2.45, 2.75) is 5.16 Å². The number of carbonyl (C=O) groups excluding carboxylic acids is 1. The number of H-pyrrole nitrogens is 1. The largest absolute Gasteiger partial charge is 0.497 e. The van der Waals surface area contributed by atoms with E-state index in [-0.39, 0.29) is 11.7 Å². The van der Waals surface area contributed by atoms with Gasteiger partial charge in [-0.2, -0.15) is 0 Å². The van der Waals surface area contributed by atoms with Crippen molar-refractivity contribution in [2.24, 2.45) is 0 Å². The highest BCUT2D eigenvalue weighted by Crippen LogP contribution is 2.24. The number of fused-ring (bicyclic) bond motifs is 1. The minimum atomic E-state index is -0.133. The first-order chi connectivity index (χ1) is 16.2. The number of carbonyl (C=O) groups is 1. The molecule has 0 saturated carbocycles. The van der Waals surface area contributed by atoms with Crippen molar-refractivity contribution in [1.29, 1.82) is 0 Å². The minimum absolute atomic E-state index is 0.133. The number of imidazole rings is 1. The number of hydrogen-bond donors (Lipinski definition) is 2. The van der Waals surface area contributed by atoms with Gasteiger partial charge in [0.2, 0.25) is 5.91 Å². The highest BCUT2D eigenvalue weighted by Gasteiger charge is 2.12. The number of rotatable bonds is 7. The number of hydrogen-bond acceptors (Lipinski definition) is 6. The van der Waals surface area contributed by atoms with Crippen LogP contribution in [0.25, 0.3) is 28.1 Å². The van der Waals surface area contributed by atoms with E-state index in [0.29, 0.717) is 10.8 Å². The van der Waals surface area contributed by atoms with Crippen LogP contribution in [0.15, 0.2) is 84.3 Å². The number of nitrogens with zero attached hydrogens (tertiary/aromatic N) is 4. The molecule has 8 nitrogen and oxygen atoms in total. The molecule has 5 rings (SSSR count). The van der Waals surface area contributed by atoms with Crippen LogP contribution in [-0.2, 0) is 4.79 Å². The van der Waals surface area contributed by atoms with Crippen LogP contribution >= 0.6 is 11.8 Å². The summed E-state index contributed by atoms with van der Waals surface area (Å²) in [7, 11) is 1.63. The van der Waals surface area contributed by atoms with Crippen molar-refractivity contribution in [3.05, 3.63) is 79.1 Å². The minimum Gasteiger partial charge on any atom is -0.497 e. The molecular formula is C24H20N6O2S. The number of benzene rings is 3. The zero-order valence-corrected chi connectivity index (χ0v) is 18.5. The number of nitrogens with one attached hydrogen (secondary N) is 2. The standard InChI is InChI=1S/C24H20N6O2S/c1-32-19-11-9-18(10-12-19)30-15-25-29-24(30)33-14-22(31)26-17-6-4-5-16(13-17)23-27-20-7-2-3-8-21(20)28-23/h2-13,15H,14H2,1H3,(H,26,31)(H,27,28). The van der Waals surface area contributed by atoms with Gasteiger partial charge in [-0.3, -0.25) is 9.36 Å². The van der Waals surface area contributed by atoms with Gasteiger partial charge in [-0.05, 0) is 48.5 Å². The second-order valence-electron chi connectivity index (χ2n) is 7.20. The molecule has 0 aliphatic rings. The Labute approximate surface area is 194 Å². The third-order valence-corrected chi connectivity index (χ3v) is 5.95. The maximum absolute atomic E-state index is 12.6. The van der Waals surface area contributed by atoms with Crippen LogP contribution in [0.4, 0.5) is 5.69 Å². The molecule has 0 saturated heterocycles. The summed E-state index contributed by atoms with van der Waals surface area (Å²) in [6, 6.07) is 23.0. The lowest BCUT2D eigenvalue weighted by Crippen LogP contribution is -2.14. The molecule has 0 radical (unpaired) electrons. The molecule has 0 unspecified atom stereocenters. The van der Waals surface area contributed by atoms with Gasteiger partial charge in [0.05, 0.1) is 23.9 Å². The Hall–Kier alpha value is -4.11. The topological polar surface area (TPSA) is 97.7 Å². The Balaban J connectivity index is 1.25. The number of amides is 1. The van der Waals surface area contributed by atoms with E-state index in [1.165, 1.54) is 11.8 Å². The van der Waals surface area contributed by atoms with E-state index < -0.39 is 0 Å². The van der Waals surface area contributed by atoms with Gasteiger partial charge in [0.1, 0.15) is 17.9 Å². The van der Waals surface area contributed by atoms with E-state index in [1.807, 2.05) is 77.4 Å². The molecule has 0 spiro atoms. The number of ether oxygens (including phenoxy) is 1. The number of anilines is 1. The number of aromatic amines is 1. The molecule has 2 aromatic heterocycles. The average molecular weight is 457 g/mol. The first-order valence-corrected chi connectivity index (χ1v) is 11.2. The fourth-order valence-corrected chi connectivity index (χ4v) is 4.13. The zero-order chi connectivity index (χ0) is 22.6. The SMILES string of the molecule is COc1ccc(-n2cnnc2SCC(=O)Nc2cccc(-c3nc4ccccc4[nH]3)c2)cc1. The fraction of sp³-hybridized carbons (Fsp3) is 0.0833. The molecule has 0 atom stereocenters. The number of methoxy groups -OCH3 is 1. The monoisotopic (exact) mass is 456 g/mol. The van der Waals surface area contributed by atoms with Gasteiger partial charge in [-0.25, -0.2) is 4.98 Å². The highest BCUT2D eigenvalue weighted by molar-refractivity contribution is 7.99. The summed E-state index contributed by atoms with van der Waals surface area (Å²) in [5.74, 6) is 1.59. The smallest absolute Gasteiger partial charge is 0.234 e. The van der Waals surface area contributed by atoms with Gasteiger partial charge in [0.15, 0.2) is 5.16 Å². The third-order valence-electron chi connectivity index (χ3n) is 5.01. The molecule has 0 fully saturated rings. The van der Waals surface area contributed by atoms with E-state index in [4.69, 9.17) is 4.74 Å². The van der Waals surface area contributed by atoms with Gasteiger partial charge < -0.3 is 15.0 Å². The summed E-state index contributed by atoms with van der Waals surface area (Å²) >= 11 is 1.32. The molecule has 9 heteroatoms. The Morgan fingerprint density at radius 1 is 1.09 bits per heavy atom. The van der Waals surface area contributed by atoms with Crippen molar-refractivity contribution in [1.82, 2.24) is 24.7 Å². The fourth-order valence-electron chi connectivity index (χ4n) is 3.40. The Kier molecular flexibility index (Phi) is 5.77. The first kappa shape index (κ1) is 20.8. The summed E-state index contributed by atoms with van der Waals surface area (Å²) in [5.41, 5.74) is 4.37. The lowest BCUT2D eigenvalue weighted by Gasteiger charge is -2.08. The van der Waals surface area contributed by atoms with Crippen molar-refractivity contribution in [2.75, 3.05) is 18.2 Å². The predicted molar refractivity (Wildman–Crippen MR) is 129 cm³/mol. The normalized spacial score (nSPS) is 10.9. The third kappa shape index (κ3) is 4.58. The van der Waals surface area contributed by atoms with Gasteiger partial charge in [0, 0.05) is 16.9 Å². The van der Waals surface area contributed by atoms with Crippen LogP contribution in [0, 0.1) is 0 Å². The van der Waals surface area contributed by atoms with Crippen LogP contribution in [0.1, 0.15) is 0 Å². The van der Waals surface area contributed by atoms with E-state index >= 15 is 0 Å². The van der Waals surface area contributed by atoms with Crippen molar-refractivity contribution in [3.8, 4) is 22.8 Å². The Morgan fingerprint density at radius 2 is 1.94 bits per heavy atom. The van der Waals surface area contributed by atoms with Crippen molar-refractivity contribution in [3.63, 3.8) is 0 Å². The molecular weight excluding hydrogens is 436 g/mol. The number of para-hydroxylation sites is 2. The summed E-state index contributed by atoms with van der Waals surface area (Å²) in [6.07, 6.45) is 1.62. The maximum atomic E-state index is 12.6. The van der Waals surface area contributed by atoms with E-state index in [9.17, 15) is 4.79 Å². The first-order valence-electron chi connectivity index (χ1n) is 10.2. The molecule has 33 heavy (non-hydrogen) atoms. The summed E-state index contributed by atoms with van der Waals surface area (Å²) in [5, 5.41) is 11.7. The molecule has 0 aliphatic carbocycles. The quantitative estimate of drug-likeness (QED) is 0.349. The number of aromatic nitrogens is 5.